The Morgan fingerprint density at radius 2 is 1.94 bits per heavy atom. The number of aliphatic hydroxyl groups is 1. The van der Waals surface area contributed by atoms with E-state index in [-0.39, 0.29) is 6.04 Å². The van der Waals surface area contributed by atoms with Crippen molar-refractivity contribution in [3.8, 4) is 0 Å². The van der Waals surface area contributed by atoms with Crippen LogP contribution in [0.3, 0.4) is 0 Å². The Balaban J connectivity index is 2.58. The zero-order valence-electron chi connectivity index (χ0n) is 10.9. The average Bonchev–Trinajstić information content (AvgIpc) is 2.35. The lowest BCUT2D eigenvalue weighted by molar-refractivity contribution is 0.117. The van der Waals surface area contributed by atoms with E-state index in [9.17, 15) is 5.11 Å². The van der Waals surface area contributed by atoms with Gasteiger partial charge in [0.25, 0.3) is 0 Å². The lowest BCUT2D eigenvalue weighted by atomic mass is 9.99. The van der Waals surface area contributed by atoms with Gasteiger partial charge in [-0.15, -0.1) is 0 Å². The van der Waals surface area contributed by atoms with Crippen molar-refractivity contribution in [2.45, 2.75) is 32.4 Å². The maximum absolute atomic E-state index is 10.3. The van der Waals surface area contributed by atoms with E-state index in [2.05, 4.69) is 12.2 Å². The molecule has 2 unspecified atom stereocenters. The highest BCUT2D eigenvalue weighted by Gasteiger charge is 2.18. The van der Waals surface area contributed by atoms with Crippen LogP contribution < -0.4 is 5.32 Å². The highest BCUT2D eigenvalue weighted by Crippen LogP contribution is 2.19. The summed E-state index contributed by atoms with van der Waals surface area (Å²) >= 11 is 0. The third kappa shape index (κ3) is 4.46. The summed E-state index contributed by atoms with van der Waals surface area (Å²) in [5.41, 5.74) is 2.17. The molecule has 0 aliphatic carbocycles. The molecule has 0 saturated carbocycles. The summed E-state index contributed by atoms with van der Waals surface area (Å²) < 4.78 is 4.99. The second kappa shape index (κ2) is 7.43. The largest absolute Gasteiger partial charge is 0.387 e. The molecular weight excluding hydrogens is 214 g/mol. The van der Waals surface area contributed by atoms with Crippen LogP contribution >= 0.6 is 0 Å². The van der Waals surface area contributed by atoms with Gasteiger partial charge in [-0.3, -0.25) is 0 Å². The first-order valence-corrected chi connectivity index (χ1v) is 6.16. The van der Waals surface area contributed by atoms with Crippen LogP contribution in [0.25, 0.3) is 0 Å². The van der Waals surface area contributed by atoms with E-state index in [0.29, 0.717) is 6.61 Å². The molecule has 0 aliphatic rings. The number of hydrogen-bond acceptors (Lipinski definition) is 3. The summed E-state index contributed by atoms with van der Waals surface area (Å²) in [5.74, 6) is 0. The van der Waals surface area contributed by atoms with Crippen molar-refractivity contribution >= 4 is 0 Å². The number of benzene rings is 1. The molecule has 0 aromatic heterocycles. The minimum absolute atomic E-state index is 0.0767. The Hall–Kier alpha value is -0.900. The van der Waals surface area contributed by atoms with Gasteiger partial charge in [0.1, 0.15) is 0 Å². The average molecular weight is 237 g/mol. The smallest absolute Gasteiger partial charge is 0.0942 e. The Bertz CT molecular complexity index is 311. The van der Waals surface area contributed by atoms with E-state index >= 15 is 0 Å². The summed E-state index contributed by atoms with van der Waals surface area (Å²) in [6.45, 7) is 5.54. The van der Waals surface area contributed by atoms with E-state index in [0.717, 1.165) is 18.5 Å². The molecule has 0 spiro atoms. The fourth-order valence-corrected chi connectivity index (χ4v) is 1.82. The zero-order valence-corrected chi connectivity index (χ0v) is 10.9. The van der Waals surface area contributed by atoms with Gasteiger partial charge in [0.15, 0.2) is 0 Å². The Labute approximate surface area is 104 Å². The lowest BCUT2D eigenvalue weighted by Crippen LogP contribution is -2.36. The third-order valence-corrected chi connectivity index (χ3v) is 2.95. The number of rotatable bonds is 7. The van der Waals surface area contributed by atoms with E-state index < -0.39 is 6.10 Å². The van der Waals surface area contributed by atoms with E-state index in [4.69, 9.17) is 4.74 Å². The Kier molecular flexibility index (Phi) is 6.19. The van der Waals surface area contributed by atoms with Crippen molar-refractivity contribution in [1.82, 2.24) is 5.32 Å². The van der Waals surface area contributed by atoms with Gasteiger partial charge in [0, 0.05) is 19.7 Å². The van der Waals surface area contributed by atoms with Crippen molar-refractivity contribution in [1.29, 1.82) is 0 Å². The van der Waals surface area contributed by atoms with Gasteiger partial charge < -0.3 is 15.2 Å². The number of hydrogen-bond donors (Lipinski definition) is 2. The van der Waals surface area contributed by atoms with Crippen molar-refractivity contribution < 1.29 is 9.84 Å². The predicted molar refractivity (Wildman–Crippen MR) is 70.1 cm³/mol. The molecule has 2 atom stereocenters. The number of ether oxygens (including phenoxy) is 1. The molecular formula is C14H23NO2. The van der Waals surface area contributed by atoms with Crippen molar-refractivity contribution in [3.05, 3.63) is 35.4 Å². The van der Waals surface area contributed by atoms with E-state index in [1.807, 2.05) is 31.2 Å². The Morgan fingerprint density at radius 1 is 1.29 bits per heavy atom. The third-order valence-electron chi connectivity index (χ3n) is 2.95. The second-order valence-electron chi connectivity index (χ2n) is 4.32. The predicted octanol–water partition coefficient (Wildman–Crippen LogP) is 2.04. The van der Waals surface area contributed by atoms with Crippen LogP contribution in [-0.4, -0.2) is 31.4 Å². The topological polar surface area (TPSA) is 41.5 Å². The molecule has 2 N–H and O–H groups in total. The van der Waals surface area contributed by atoms with Crippen LogP contribution in [0.1, 0.15) is 30.6 Å². The molecule has 0 amide bonds. The molecule has 0 heterocycles. The molecule has 96 valence electrons. The van der Waals surface area contributed by atoms with Crippen molar-refractivity contribution in [2.75, 3.05) is 20.3 Å². The van der Waals surface area contributed by atoms with Gasteiger partial charge in [0.2, 0.25) is 0 Å². The SMILES string of the molecule is CCC(NCCOC)C(O)c1ccc(C)cc1. The first kappa shape index (κ1) is 14.2. The number of methoxy groups -OCH3 is 1. The molecule has 0 bridgehead atoms. The highest BCUT2D eigenvalue weighted by molar-refractivity contribution is 5.24. The first-order chi connectivity index (χ1) is 8.19. The fraction of sp³-hybridized carbons (Fsp3) is 0.571. The number of nitrogens with one attached hydrogen (secondary N) is 1. The summed E-state index contributed by atoms with van der Waals surface area (Å²) in [6.07, 6.45) is 0.427. The molecule has 3 heteroatoms. The van der Waals surface area contributed by atoms with Crippen molar-refractivity contribution in [3.63, 3.8) is 0 Å². The van der Waals surface area contributed by atoms with E-state index in [1.165, 1.54) is 5.56 Å². The van der Waals surface area contributed by atoms with Gasteiger partial charge >= 0.3 is 0 Å². The van der Waals surface area contributed by atoms with Crippen LogP contribution in [0, 0.1) is 6.92 Å². The Morgan fingerprint density at radius 3 is 2.47 bits per heavy atom. The van der Waals surface area contributed by atoms with Crippen LogP contribution in [0.15, 0.2) is 24.3 Å². The second-order valence-corrected chi connectivity index (χ2v) is 4.32. The normalized spacial score (nSPS) is 14.6. The summed E-state index contributed by atoms with van der Waals surface area (Å²) in [7, 11) is 1.68. The highest BCUT2D eigenvalue weighted by atomic mass is 16.5. The van der Waals surface area contributed by atoms with Gasteiger partial charge in [-0.2, -0.15) is 0 Å². The maximum atomic E-state index is 10.3. The minimum Gasteiger partial charge on any atom is -0.387 e. The van der Waals surface area contributed by atoms with Gasteiger partial charge in [-0.05, 0) is 18.9 Å². The van der Waals surface area contributed by atoms with Crippen LogP contribution in [0.4, 0.5) is 0 Å². The van der Waals surface area contributed by atoms with Crippen LogP contribution in [0.5, 0.6) is 0 Å². The number of aliphatic hydroxyl groups excluding tert-OH is 1. The first-order valence-electron chi connectivity index (χ1n) is 6.16. The maximum Gasteiger partial charge on any atom is 0.0942 e. The van der Waals surface area contributed by atoms with E-state index in [1.54, 1.807) is 7.11 Å². The summed E-state index contributed by atoms with van der Waals surface area (Å²) in [5, 5.41) is 13.6. The molecule has 17 heavy (non-hydrogen) atoms. The minimum atomic E-state index is -0.461. The quantitative estimate of drug-likeness (QED) is 0.713. The van der Waals surface area contributed by atoms with Gasteiger partial charge in [-0.1, -0.05) is 36.8 Å². The summed E-state index contributed by atoms with van der Waals surface area (Å²) in [6, 6.07) is 8.11. The molecule has 3 nitrogen and oxygen atoms in total. The zero-order chi connectivity index (χ0) is 12.7. The van der Waals surface area contributed by atoms with Gasteiger partial charge in [0.05, 0.1) is 12.7 Å². The lowest BCUT2D eigenvalue weighted by Gasteiger charge is -2.23. The fourth-order valence-electron chi connectivity index (χ4n) is 1.82. The summed E-state index contributed by atoms with van der Waals surface area (Å²) in [4.78, 5) is 0. The molecule has 0 saturated heterocycles. The molecule has 1 aromatic carbocycles. The molecule has 1 rings (SSSR count). The van der Waals surface area contributed by atoms with Crippen LogP contribution in [-0.2, 0) is 4.74 Å². The number of aryl methyl sites for hydroxylation is 1. The molecule has 0 fully saturated rings. The standard InChI is InChI=1S/C14H23NO2/c1-4-13(15-9-10-17-3)14(16)12-7-5-11(2)6-8-12/h5-8,13-16H,4,9-10H2,1-3H3. The molecule has 1 aromatic rings. The van der Waals surface area contributed by atoms with Crippen LogP contribution in [0.2, 0.25) is 0 Å². The van der Waals surface area contributed by atoms with Crippen molar-refractivity contribution in [2.24, 2.45) is 0 Å². The molecule has 0 radical (unpaired) electrons. The monoisotopic (exact) mass is 237 g/mol. The van der Waals surface area contributed by atoms with Gasteiger partial charge in [-0.25, -0.2) is 0 Å². The molecule has 0 aliphatic heterocycles.